The average molecular weight is 241 g/mol. The Morgan fingerprint density at radius 1 is 1.39 bits per heavy atom. The molecule has 1 heterocycles. The van der Waals surface area contributed by atoms with Crippen LogP contribution in [0.5, 0.6) is 0 Å². The Morgan fingerprint density at radius 2 is 2.22 bits per heavy atom. The lowest BCUT2D eigenvalue weighted by Gasteiger charge is -2.15. The van der Waals surface area contributed by atoms with Crippen LogP contribution in [0.25, 0.3) is 0 Å². The van der Waals surface area contributed by atoms with Crippen LogP contribution in [0.2, 0.25) is 0 Å². The van der Waals surface area contributed by atoms with Crippen LogP contribution < -0.4 is 5.32 Å². The zero-order valence-electron chi connectivity index (χ0n) is 10.6. The van der Waals surface area contributed by atoms with Crippen molar-refractivity contribution in [3.8, 4) is 0 Å². The third-order valence-corrected chi connectivity index (χ3v) is 3.73. The predicted octanol–water partition coefficient (Wildman–Crippen LogP) is 2.86. The fraction of sp³-hybridized carbons (Fsp3) is 0.400. The van der Waals surface area contributed by atoms with Crippen molar-refractivity contribution in [2.24, 2.45) is 5.92 Å². The zero-order chi connectivity index (χ0) is 12.4. The van der Waals surface area contributed by atoms with E-state index in [4.69, 9.17) is 0 Å². The van der Waals surface area contributed by atoms with E-state index < -0.39 is 0 Å². The van der Waals surface area contributed by atoms with E-state index >= 15 is 0 Å². The van der Waals surface area contributed by atoms with Crippen LogP contribution in [-0.2, 0) is 0 Å². The second kappa shape index (κ2) is 4.94. The molecule has 1 aliphatic carbocycles. The minimum atomic E-state index is 0.357. The Morgan fingerprint density at radius 3 is 2.89 bits per heavy atom. The lowest BCUT2D eigenvalue weighted by molar-refractivity contribution is 0.467. The second-order valence-electron chi connectivity index (χ2n) is 4.93. The second-order valence-corrected chi connectivity index (χ2v) is 4.93. The van der Waals surface area contributed by atoms with Crippen LogP contribution in [-0.4, -0.2) is 16.5 Å². The van der Waals surface area contributed by atoms with Gasteiger partial charge in [-0.2, -0.15) is 0 Å². The zero-order valence-corrected chi connectivity index (χ0v) is 10.6. The number of rotatable bonds is 5. The van der Waals surface area contributed by atoms with E-state index in [-0.39, 0.29) is 0 Å². The van der Waals surface area contributed by atoms with Gasteiger partial charge in [0.05, 0.1) is 6.04 Å². The molecule has 0 radical (unpaired) electrons. The molecule has 3 heteroatoms. The van der Waals surface area contributed by atoms with Crippen molar-refractivity contribution in [1.29, 1.82) is 0 Å². The molecule has 0 amide bonds. The maximum Gasteiger partial charge on any atom is 0.123 e. The highest BCUT2D eigenvalue weighted by molar-refractivity contribution is 5.27. The third kappa shape index (κ3) is 2.18. The summed E-state index contributed by atoms with van der Waals surface area (Å²) < 4.78 is 0. The van der Waals surface area contributed by atoms with Crippen LogP contribution in [0.15, 0.2) is 42.7 Å². The van der Waals surface area contributed by atoms with E-state index in [1.54, 1.807) is 0 Å². The fourth-order valence-electron chi connectivity index (χ4n) is 2.78. The number of H-pyrrole nitrogens is 1. The molecule has 0 saturated heterocycles. The number of nitrogens with one attached hydrogen (secondary N) is 2. The van der Waals surface area contributed by atoms with Crippen molar-refractivity contribution in [1.82, 2.24) is 15.3 Å². The van der Waals surface area contributed by atoms with E-state index in [0.29, 0.717) is 17.9 Å². The largest absolute Gasteiger partial charge is 0.347 e. The highest BCUT2D eigenvalue weighted by Gasteiger charge is 2.44. The molecule has 18 heavy (non-hydrogen) atoms. The molecule has 2 aromatic rings. The molecule has 1 saturated carbocycles. The summed E-state index contributed by atoms with van der Waals surface area (Å²) in [5.41, 5.74) is 1.46. The number of nitrogens with zero attached hydrogens (tertiary/aromatic N) is 1. The summed E-state index contributed by atoms with van der Waals surface area (Å²) >= 11 is 0. The summed E-state index contributed by atoms with van der Waals surface area (Å²) in [6.07, 6.45) is 4.99. The maximum absolute atomic E-state index is 4.41. The summed E-state index contributed by atoms with van der Waals surface area (Å²) in [6.45, 7) is 3.12. The molecule has 1 fully saturated rings. The number of aromatic nitrogens is 2. The molecule has 1 aliphatic rings. The van der Waals surface area contributed by atoms with Crippen molar-refractivity contribution in [2.45, 2.75) is 25.3 Å². The van der Waals surface area contributed by atoms with Gasteiger partial charge in [0, 0.05) is 12.4 Å². The number of hydrogen-bond acceptors (Lipinski definition) is 2. The van der Waals surface area contributed by atoms with Gasteiger partial charge in [0.25, 0.3) is 0 Å². The summed E-state index contributed by atoms with van der Waals surface area (Å²) in [7, 11) is 0. The molecule has 0 spiro atoms. The molecule has 3 rings (SSSR count). The standard InChI is InChI=1S/C15H19N3/c1-2-16-14(15-17-8-9-18-15)13-10-12(13)11-6-4-3-5-7-11/h3-9,12-14,16H,2,10H2,1H3,(H,17,18). The molecular formula is C15H19N3. The molecule has 3 nitrogen and oxygen atoms in total. The van der Waals surface area contributed by atoms with Crippen molar-refractivity contribution in [3.63, 3.8) is 0 Å². The van der Waals surface area contributed by atoms with Gasteiger partial charge in [-0.3, -0.25) is 0 Å². The molecule has 1 aromatic carbocycles. The van der Waals surface area contributed by atoms with Gasteiger partial charge in [-0.25, -0.2) is 4.98 Å². The first-order valence-corrected chi connectivity index (χ1v) is 6.67. The van der Waals surface area contributed by atoms with Crippen LogP contribution in [0, 0.1) is 5.92 Å². The summed E-state index contributed by atoms with van der Waals surface area (Å²) in [5.74, 6) is 2.42. The Labute approximate surface area is 108 Å². The quantitative estimate of drug-likeness (QED) is 0.845. The first-order chi connectivity index (χ1) is 8.90. The van der Waals surface area contributed by atoms with Gasteiger partial charge >= 0.3 is 0 Å². The smallest absolute Gasteiger partial charge is 0.123 e. The highest BCUT2D eigenvalue weighted by atomic mass is 15.0. The van der Waals surface area contributed by atoms with Crippen molar-refractivity contribution in [2.75, 3.05) is 6.54 Å². The van der Waals surface area contributed by atoms with Crippen LogP contribution >= 0.6 is 0 Å². The van der Waals surface area contributed by atoms with Gasteiger partial charge in [0.2, 0.25) is 0 Å². The van der Waals surface area contributed by atoms with Crippen molar-refractivity contribution in [3.05, 3.63) is 54.1 Å². The Balaban J connectivity index is 1.75. The lowest BCUT2D eigenvalue weighted by atomic mass is 10.0. The van der Waals surface area contributed by atoms with E-state index in [1.807, 2.05) is 12.4 Å². The first kappa shape index (κ1) is 11.5. The van der Waals surface area contributed by atoms with Gasteiger partial charge in [-0.1, -0.05) is 37.3 Å². The van der Waals surface area contributed by atoms with Crippen LogP contribution in [0.4, 0.5) is 0 Å². The number of benzene rings is 1. The lowest BCUT2D eigenvalue weighted by Crippen LogP contribution is -2.24. The molecule has 94 valence electrons. The average Bonchev–Trinajstić information content (AvgIpc) is 3.02. The monoisotopic (exact) mass is 241 g/mol. The molecule has 1 aromatic heterocycles. The number of imidazole rings is 1. The van der Waals surface area contributed by atoms with E-state index in [9.17, 15) is 0 Å². The first-order valence-electron chi connectivity index (χ1n) is 6.67. The normalized spacial score (nSPS) is 23.8. The minimum absolute atomic E-state index is 0.357. The number of hydrogen-bond donors (Lipinski definition) is 2. The molecule has 0 bridgehead atoms. The Bertz CT molecular complexity index is 478. The van der Waals surface area contributed by atoms with E-state index in [2.05, 4.69) is 52.5 Å². The Kier molecular flexibility index (Phi) is 3.15. The molecule has 3 unspecified atom stereocenters. The fourth-order valence-corrected chi connectivity index (χ4v) is 2.78. The molecule has 0 aliphatic heterocycles. The van der Waals surface area contributed by atoms with Gasteiger partial charge in [0.15, 0.2) is 0 Å². The SMILES string of the molecule is CCNC(c1ncc[nH]1)C1CC1c1ccccc1. The van der Waals surface area contributed by atoms with Gasteiger partial charge in [0.1, 0.15) is 5.82 Å². The summed E-state index contributed by atoms with van der Waals surface area (Å²) in [6, 6.07) is 11.1. The molecular weight excluding hydrogens is 222 g/mol. The van der Waals surface area contributed by atoms with Gasteiger partial charge < -0.3 is 10.3 Å². The molecule has 2 N–H and O–H groups in total. The van der Waals surface area contributed by atoms with Gasteiger partial charge in [-0.15, -0.1) is 0 Å². The summed E-state index contributed by atoms with van der Waals surface area (Å²) in [4.78, 5) is 7.65. The minimum Gasteiger partial charge on any atom is -0.347 e. The number of aromatic amines is 1. The van der Waals surface area contributed by atoms with Gasteiger partial charge in [-0.05, 0) is 30.4 Å². The van der Waals surface area contributed by atoms with E-state index in [1.165, 1.54) is 12.0 Å². The topological polar surface area (TPSA) is 40.7 Å². The highest BCUT2D eigenvalue weighted by Crippen LogP contribution is 2.53. The van der Waals surface area contributed by atoms with Crippen molar-refractivity contribution < 1.29 is 0 Å². The van der Waals surface area contributed by atoms with Crippen LogP contribution in [0.3, 0.4) is 0 Å². The van der Waals surface area contributed by atoms with Crippen molar-refractivity contribution >= 4 is 0 Å². The third-order valence-electron chi connectivity index (χ3n) is 3.73. The predicted molar refractivity (Wildman–Crippen MR) is 72.3 cm³/mol. The molecule has 3 atom stereocenters. The summed E-state index contributed by atoms with van der Waals surface area (Å²) in [5, 5.41) is 3.55. The van der Waals surface area contributed by atoms with Crippen LogP contribution in [0.1, 0.15) is 36.7 Å². The maximum atomic E-state index is 4.41. The van der Waals surface area contributed by atoms with E-state index in [0.717, 1.165) is 12.4 Å². The Hall–Kier alpha value is -1.61.